The van der Waals surface area contributed by atoms with Crippen LogP contribution in [0.2, 0.25) is 0 Å². The van der Waals surface area contributed by atoms with E-state index in [9.17, 15) is 9.59 Å². The van der Waals surface area contributed by atoms with Crippen molar-refractivity contribution in [3.8, 4) is 0 Å². The van der Waals surface area contributed by atoms with Crippen LogP contribution in [0, 0.1) is 6.92 Å². The van der Waals surface area contributed by atoms with E-state index in [2.05, 4.69) is 26.1 Å². The molecule has 8 nitrogen and oxygen atoms in total. The molecule has 0 saturated heterocycles. The van der Waals surface area contributed by atoms with Crippen LogP contribution in [0.25, 0.3) is 0 Å². The lowest BCUT2D eigenvalue weighted by Gasteiger charge is -2.13. The Kier molecular flexibility index (Phi) is 5.89. The van der Waals surface area contributed by atoms with Gasteiger partial charge in [0, 0.05) is 19.0 Å². The summed E-state index contributed by atoms with van der Waals surface area (Å²) in [4.78, 5) is 28.2. The second-order valence-corrected chi connectivity index (χ2v) is 5.54. The number of aryl methyl sites for hydroxylation is 1. The second-order valence-electron chi connectivity index (χ2n) is 5.54. The van der Waals surface area contributed by atoms with Gasteiger partial charge in [0.1, 0.15) is 0 Å². The Balaban J connectivity index is 1.94. The van der Waals surface area contributed by atoms with E-state index in [1.807, 2.05) is 13.8 Å². The van der Waals surface area contributed by atoms with Crippen molar-refractivity contribution in [3.63, 3.8) is 0 Å². The van der Waals surface area contributed by atoms with Gasteiger partial charge in [-0.3, -0.25) is 4.79 Å². The maximum absolute atomic E-state index is 12.3. The van der Waals surface area contributed by atoms with Crippen molar-refractivity contribution in [1.29, 1.82) is 0 Å². The Bertz CT molecular complexity index is 711. The number of benzene rings is 1. The molecule has 0 saturated carbocycles. The summed E-state index contributed by atoms with van der Waals surface area (Å²) in [5, 5.41) is 11.9. The largest absolute Gasteiger partial charge is 0.351 e. The van der Waals surface area contributed by atoms with Gasteiger partial charge >= 0.3 is 6.03 Å². The lowest BCUT2D eigenvalue weighted by Crippen LogP contribution is -2.35. The van der Waals surface area contributed by atoms with E-state index in [-0.39, 0.29) is 18.0 Å². The standard InChI is InChI=1S/C16H21N5O3/c1-10(2)18-16(23)20-13-7-5-4-6-12(13)15(22)17-9-8-14-19-11(3)21-24-14/h4-7,10H,8-9H2,1-3H3,(H,17,22)(H2,18,20,23). The number of rotatable bonds is 6. The molecule has 0 spiro atoms. The van der Waals surface area contributed by atoms with Crippen LogP contribution >= 0.6 is 0 Å². The molecule has 2 aromatic rings. The molecule has 0 radical (unpaired) electrons. The third-order valence-electron chi connectivity index (χ3n) is 3.03. The van der Waals surface area contributed by atoms with Crippen LogP contribution in [0.3, 0.4) is 0 Å². The third-order valence-corrected chi connectivity index (χ3v) is 3.03. The zero-order valence-corrected chi connectivity index (χ0v) is 13.9. The topological polar surface area (TPSA) is 109 Å². The van der Waals surface area contributed by atoms with E-state index in [1.165, 1.54) is 0 Å². The van der Waals surface area contributed by atoms with E-state index < -0.39 is 0 Å². The predicted octanol–water partition coefficient (Wildman–Crippen LogP) is 1.88. The number of aromatic nitrogens is 2. The van der Waals surface area contributed by atoms with Gasteiger partial charge in [-0.15, -0.1) is 0 Å². The second kappa shape index (κ2) is 8.09. The van der Waals surface area contributed by atoms with Gasteiger partial charge in [0.05, 0.1) is 11.3 Å². The van der Waals surface area contributed by atoms with Crippen LogP contribution in [0.4, 0.5) is 10.5 Å². The number of anilines is 1. The summed E-state index contributed by atoms with van der Waals surface area (Å²) in [5.41, 5.74) is 0.833. The van der Waals surface area contributed by atoms with Gasteiger partial charge < -0.3 is 20.5 Å². The summed E-state index contributed by atoms with van der Waals surface area (Å²) in [6, 6.07) is 6.47. The highest BCUT2D eigenvalue weighted by molar-refractivity contribution is 6.03. The molecule has 0 bridgehead atoms. The summed E-state index contributed by atoms with van der Waals surface area (Å²) in [6.07, 6.45) is 0.440. The van der Waals surface area contributed by atoms with Crippen LogP contribution in [0.1, 0.15) is 35.9 Å². The van der Waals surface area contributed by atoms with Crippen LogP contribution in [0.5, 0.6) is 0 Å². The molecule has 3 amide bonds. The minimum Gasteiger partial charge on any atom is -0.351 e. The molecule has 0 fully saturated rings. The Morgan fingerprint density at radius 3 is 2.67 bits per heavy atom. The fourth-order valence-electron chi connectivity index (χ4n) is 2.03. The first-order chi connectivity index (χ1) is 11.5. The van der Waals surface area contributed by atoms with Crippen molar-refractivity contribution in [2.24, 2.45) is 0 Å². The molecule has 0 aliphatic heterocycles. The summed E-state index contributed by atoms with van der Waals surface area (Å²) < 4.78 is 4.99. The molecule has 0 unspecified atom stereocenters. The lowest BCUT2D eigenvalue weighted by molar-refractivity contribution is 0.0954. The summed E-state index contributed by atoms with van der Waals surface area (Å²) in [5.74, 6) is 0.740. The number of nitrogens with one attached hydrogen (secondary N) is 3. The smallest absolute Gasteiger partial charge is 0.319 e. The number of nitrogens with zero attached hydrogens (tertiary/aromatic N) is 2. The molecule has 0 atom stereocenters. The predicted molar refractivity (Wildman–Crippen MR) is 88.8 cm³/mol. The van der Waals surface area contributed by atoms with Gasteiger partial charge in [-0.1, -0.05) is 17.3 Å². The van der Waals surface area contributed by atoms with Gasteiger partial charge in [0.25, 0.3) is 5.91 Å². The van der Waals surface area contributed by atoms with Gasteiger partial charge in [0.15, 0.2) is 5.82 Å². The first-order valence-electron chi connectivity index (χ1n) is 7.69. The Labute approximate surface area is 140 Å². The molecule has 1 aromatic carbocycles. The number of para-hydroxylation sites is 1. The van der Waals surface area contributed by atoms with Crippen molar-refractivity contribution >= 4 is 17.6 Å². The number of hydrogen-bond donors (Lipinski definition) is 3. The highest BCUT2D eigenvalue weighted by Gasteiger charge is 2.13. The monoisotopic (exact) mass is 331 g/mol. The number of amides is 3. The highest BCUT2D eigenvalue weighted by Crippen LogP contribution is 2.14. The van der Waals surface area contributed by atoms with E-state index >= 15 is 0 Å². The molecular weight excluding hydrogens is 310 g/mol. The van der Waals surface area contributed by atoms with Crippen LogP contribution in [-0.4, -0.2) is 34.7 Å². The highest BCUT2D eigenvalue weighted by atomic mass is 16.5. The quantitative estimate of drug-likeness (QED) is 0.749. The molecule has 3 N–H and O–H groups in total. The molecule has 128 valence electrons. The molecule has 8 heteroatoms. The molecule has 24 heavy (non-hydrogen) atoms. The number of carbonyl (C=O) groups is 2. The Morgan fingerprint density at radius 2 is 2.00 bits per heavy atom. The van der Waals surface area contributed by atoms with E-state index in [4.69, 9.17) is 4.52 Å². The van der Waals surface area contributed by atoms with Crippen molar-refractivity contribution in [2.75, 3.05) is 11.9 Å². The third kappa shape index (κ3) is 5.08. The molecule has 1 heterocycles. The summed E-state index contributed by atoms with van der Waals surface area (Å²) in [7, 11) is 0. The maximum Gasteiger partial charge on any atom is 0.319 e. The molecule has 1 aromatic heterocycles. The molecular formula is C16H21N5O3. The Hall–Kier alpha value is -2.90. The van der Waals surface area contributed by atoms with Gasteiger partial charge in [0.2, 0.25) is 5.89 Å². The summed E-state index contributed by atoms with van der Waals surface area (Å²) >= 11 is 0. The van der Waals surface area contributed by atoms with Gasteiger partial charge in [-0.25, -0.2) is 4.79 Å². The van der Waals surface area contributed by atoms with E-state index in [1.54, 1.807) is 31.2 Å². The van der Waals surface area contributed by atoms with Crippen molar-refractivity contribution in [1.82, 2.24) is 20.8 Å². The molecule has 2 rings (SSSR count). The number of hydrogen-bond acceptors (Lipinski definition) is 5. The Morgan fingerprint density at radius 1 is 1.25 bits per heavy atom. The van der Waals surface area contributed by atoms with Crippen molar-refractivity contribution in [3.05, 3.63) is 41.5 Å². The maximum atomic E-state index is 12.3. The van der Waals surface area contributed by atoms with Crippen LogP contribution < -0.4 is 16.0 Å². The van der Waals surface area contributed by atoms with Crippen LogP contribution in [0.15, 0.2) is 28.8 Å². The van der Waals surface area contributed by atoms with Crippen molar-refractivity contribution < 1.29 is 14.1 Å². The zero-order valence-electron chi connectivity index (χ0n) is 13.9. The summed E-state index contributed by atoms with van der Waals surface area (Å²) in [6.45, 7) is 5.80. The van der Waals surface area contributed by atoms with E-state index in [0.29, 0.717) is 35.9 Å². The first-order valence-corrected chi connectivity index (χ1v) is 7.69. The van der Waals surface area contributed by atoms with E-state index in [0.717, 1.165) is 0 Å². The first kappa shape index (κ1) is 17.5. The molecule has 0 aliphatic rings. The number of carbonyl (C=O) groups excluding carboxylic acids is 2. The van der Waals surface area contributed by atoms with Crippen LogP contribution in [-0.2, 0) is 6.42 Å². The molecule has 0 aliphatic carbocycles. The average Bonchev–Trinajstić information content (AvgIpc) is 2.92. The van der Waals surface area contributed by atoms with Crippen molar-refractivity contribution in [2.45, 2.75) is 33.2 Å². The normalized spacial score (nSPS) is 10.5. The minimum absolute atomic E-state index is 0.00357. The fraction of sp³-hybridized carbons (Fsp3) is 0.375. The number of urea groups is 1. The fourth-order valence-corrected chi connectivity index (χ4v) is 2.03. The SMILES string of the molecule is Cc1noc(CCNC(=O)c2ccccc2NC(=O)NC(C)C)n1. The van der Waals surface area contributed by atoms with Gasteiger partial charge in [-0.05, 0) is 32.9 Å². The zero-order chi connectivity index (χ0) is 17.5. The minimum atomic E-state index is -0.355. The average molecular weight is 331 g/mol. The van der Waals surface area contributed by atoms with Gasteiger partial charge in [-0.2, -0.15) is 4.98 Å². The lowest BCUT2D eigenvalue weighted by atomic mass is 10.1.